The summed E-state index contributed by atoms with van der Waals surface area (Å²) in [5.74, 6) is -0.970. The molecule has 0 saturated carbocycles. The van der Waals surface area contributed by atoms with E-state index in [9.17, 15) is 17.6 Å². The summed E-state index contributed by atoms with van der Waals surface area (Å²) in [7, 11) is -3.70. The van der Waals surface area contributed by atoms with Gasteiger partial charge in [-0.1, -0.05) is 23.5 Å². The molecule has 2 aromatic heterocycles. The predicted molar refractivity (Wildman–Crippen MR) is 113 cm³/mol. The molecular weight excluding hydrogens is 427 g/mol. The highest BCUT2D eigenvalue weighted by atomic mass is 32.2. The normalized spacial score (nSPS) is 11.7. The summed E-state index contributed by atoms with van der Waals surface area (Å²) in [6.45, 7) is 1.79. The number of amides is 1. The van der Waals surface area contributed by atoms with Crippen molar-refractivity contribution in [3.8, 4) is 5.13 Å². The van der Waals surface area contributed by atoms with Gasteiger partial charge in [0.15, 0.2) is 9.84 Å². The average Bonchev–Trinajstić information content (AvgIpc) is 3.29. The van der Waals surface area contributed by atoms with E-state index in [4.69, 9.17) is 0 Å². The second kappa shape index (κ2) is 7.96. The predicted octanol–water partition coefficient (Wildman–Crippen LogP) is 3.73. The Morgan fingerprint density at radius 3 is 2.63 bits per heavy atom. The van der Waals surface area contributed by atoms with Gasteiger partial charge in [0.25, 0.3) is 0 Å². The van der Waals surface area contributed by atoms with E-state index in [1.165, 1.54) is 28.2 Å². The third kappa shape index (κ3) is 4.24. The van der Waals surface area contributed by atoms with Crippen LogP contribution in [0.3, 0.4) is 0 Å². The van der Waals surface area contributed by atoms with Crippen molar-refractivity contribution in [2.45, 2.75) is 18.2 Å². The first-order chi connectivity index (χ1) is 14.3. The molecule has 7 nitrogen and oxygen atoms in total. The zero-order valence-electron chi connectivity index (χ0n) is 15.9. The summed E-state index contributed by atoms with van der Waals surface area (Å²) in [6.07, 6.45) is -0.246. The molecule has 2 aromatic carbocycles. The minimum Gasteiger partial charge on any atom is -0.310 e. The molecule has 154 valence electrons. The molecule has 0 aliphatic rings. The smallest absolute Gasteiger partial charge is 0.226 e. The first kappa shape index (κ1) is 20.2. The van der Waals surface area contributed by atoms with E-state index < -0.39 is 27.3 Å². The highest BCUT2D eigenvalue weighted by molar-refractivity contribution is 7.91. The van der Waals surface area contributed by atoms with Gasteiger partial charge < -0.3 is 5.32 Å². The van der Waals surface area contributed by atoms with Gasteiger partial charge in [-0.2, -0.15) is 9.78 Å². The van der Waals surface area contributed by atoms with E-state index >= 15 is 0 Å². The zero-order valence-corrected chi connectivity index (χ0v) is 17.5. The molecule has 0 unspecified atom stereocenters. The molecule has 0 saturated heterocycles. The molecule has 0 spiro atoms. The maximum atomic E-state index is 13.0. The number of sulfone groups is 1. The van der Waals surface area contributed by atoms with Gasteiger partial charge in [0.2, 0.25) is 11.0 Å². The number of para-hydroxylation sites is 1. The molecule has 0 radical (unpaired) electrons. The highest BCUT2D eigenvalue weighted by Crippen LogP contribution is 2.27. The first-order valence-corrected chi connectivity index (χ1v) is 11.5. The summed E-state index contributed by atoms with van der Waals surface area (Å²) in [5, 5.41) is 7.70. The number of nitrogens with one attached hydrogen (secondary N) is 1. The van der Waals surface area contributed by atoms with E-state index in [-0.39, 0.29) is 11.3 Å². The Bertz CT molecular complexity index is 1290. The summed E-state index contributed by atoms with van der Waals surface area (Å²) in [5.41, 5.74) is 1.51. The van der Waals surface area contributed by atoms with Gasteiger partial charge in [-0.25, -0.2) is 17.8 Å². The Morgan fingerprint density at radius 2 is 1.90 bits per heavy atom. The van der Waals surface area contributed by atoms with Crippen molar-refractivity contribution < 1.29 is 17.6 Å². The fourth-order valence-corrected chi connectivity index (χ4v) is 5.05. The molecular formula is C20H17FN4O3S2. The monoisotopic (exact) mass is 444 g/mol. The van der Waals surface area contributed by atoms with Crippen molar-refractivity contribution >= 4 is 43.1 Å². The molecule has 2 heterocycles. The van der Waals surface area contributed by atoms with Crippen LogP contribution in [0.15, 0.2) is 59.5 Å². The van der Waals surface area contributed by atoms with Crippen molar-refractivity contribution in [1.29, 1.82) is 0 Å². The Kier molecular flexibility index (Phi) is 5.35. The van der Waals surface area contributed by atoms with Gasteiger partial charge in [-0.05, 0) is 43.3 Å². The molecule has 4 aromatic rings. The lowest BCUT2D eigenvalue weighted by molar-refractivity contribution is -0.115. The topological polar surface area (TPSA) is 94.0 Å². The van der Waals surface area contributed by atoms with Crippen molar-refractivity contribution in [1.82, 2.24) is 14.8 Å². The molecule has 4 rings (SSSR count). The molecule has 1 amide bonds. The third-order valence-corrected chi connectivity index (χ3v) is 7.08. The minimum absolute atomic E-state index is 0.0212. The lowest BCUT2D eigenvalue weighted by atomic mass is 10.3. The maximum absolute atomic E-state index is 13.0. The third-order valence-electron chi connectivity index (χ3n) is 4.33. The Morgan fingerprint density at radius 1 is 1.17 bits per heavy atom. The number of anilines is 1. The van der Waals surface area contributed by atoms with Crippen LogP contribution in [-0.4, -0.2) is 34.8 Å². The Labute approximate surface area is 176 Å². The quantitative estimate of drug-likeness (QED) is 0.457. The van der Waals surface area contributed by atoms with Crippen LogP contribution in [0, 0.1) is 12.7 Å². The van der Waals surface area contributed by atoms with Crippen LogP contribution in [0.4, 0.5) is 10.2 Å². The number of hydrogen-bond donors (Lipinski definition) is 1. The summed E-state index contributed by atoms with van der Waals surface area (Å²) in [4.78, 5) is 16.9. The molecule has 0 bridgehead atoms. The number of carbonyl (C=O) groups is 1. The van der Waals surface area contributed by atoms with Crippen molar-refractivity contribution in [2.24, 2.45) is 0 Å². The van der Waals surface area contributed by atoms with Gasteiger partial charge in [0.1, 0.15) is 11.6 Å². The maximum Gasteiger partial charge on any atom is 0.226 e. The van der Waals surface area contributed by atoms with Crippen LogP contribution in [0.25, 0.3) is 15.3 Å². The number of hydrogen-bond acceptors (Lipinski definition) is 6. The number of aryl methyl sites for hydroxylation is 1. The fourth-order valence-electron chi connectivity index (χ4n) is 2.88. The van der Waals surface area contributed by atoms with Crippen LogP contribution in [-0.2, 0) is 14.6 Å². The molecule has 30 heavy (non-hydrogen) atoms. The van der Waals surface area contributed by atoms with Crippen LogP contribution in [0.2, 0.25) is 0 Å². The minimum atomic E-state index is -3.70. The molecule has 0 aliphatic heterocycles. The fraction of sp³-hybridized carbons (Fsp3) is 0.150. The molecule has 0 atom stereocenters. The van der Waals surface area contributed by atoms with E-state index in [1.54, 1.807) is 13.0 Å². The molecule has 1 N–H and O–H groups in total. The van der Waals surface area contributed by atoms with E-state index in [0.717, 1.165) is 22.3 Å². The average molecular weight is 445 g/mol. The standard InChI is InChI=1S/C20H17FN4O3S2/c1-13-12-18(25(24-13)20-22-16-4-2-3-5-17(16)29-20)23-19(26)10-11-30(27,28)15-8-6-14(21)7-9-15/h2-9,12H,10-11H2,1H3,(H,23,26). The SMILES string of the molecule is Cc1cc(NC(=O)CCS(=O)(=O)c2ccc(F)cc2)n(-c2nc3ccccc3s2)n1. The highest BCUT2D eigenvalue weighted by Gasteiger charge is 2.19. The van der Waals surface area contributed by atoms with E-state index in [1.807, 2.05) is 24.3 Å². The Balaban J connectivity index is 1.49. The van der Waals surface area contributed by atoms with Crippen LogP contribution >= 0.6 is 11.3 Å². The van der Waals surface area contributed by atoms with E-state index in [2.05, 4.69) is 15.4 Å². The first-order valence-electron chi connectivity index (χ1n) is 9.03. The number of carbonyl (C=O) groups excluding carboxylic acids is 1. The molecule has 0 aliphatic carbocycles. The van der Waals surface area contributed by atoms with Gasteiger partial charge in [0.05, 0.1) is 26.6 Å². The van der Waals surface area contributed by atoms with Gasteiger partial charge in [-0.15, -0.1) is 0 Å². The molecule has 0 fully saturated rings. The van der Waals surface area contributed by atoms with Crippen LogP contribution in [0.5, 0.6) is 0 Å². The summed E-state index contributed by atoms with van der Waals surface area (Å²) < 4.78 is 40.3. The largest absolute Gasteiger partial charge is 0.310 e. The lowest BCUT2D eigenvalue weighted by Crippen LogP contribution is -2.19. The number of rotatable bonds is 6. The number of halogens is 1. The number of thiazole rings is 1. The summed E-state index contributed by atoms with van der Waals surface area (Å²) in [6, 6.07) is 13.9. The summed E-state index contributed by atoms with van der Waals surface area (Å²) >= 11 is 1.43. The number of benzene rings is 2. The Hall–Kier alpha value is -3.11. The molecule has 10 heteroatoms. The van der Waals surface area contributed by atoms with E-state index in [0.29, 0.717) is 16.6 Å². The zero-order chi connectivity index (χ0) is 21.3. The van der Waals surface area contributed by atoms with Crippen LogP contribution < -0.4 is 5.32 Å². The van der Waals surface area contributed by atoms with Gasteiger partial charge in [-0.3, -0.25) is 4.79 Å². The van der Waals surface area contributed by atoms with Crippen molar-refractivity contribution in [3.05, 3.63) is 66.1 Å². The number of fused-ring (bicyclic) bond motifs is 1. The van der Waals surface area contributed by atoms with Crippen LogP contribution in [0.1, 0.15) is 12.1 Å². The van der Waals surface area contributed by atoms with Crippen molar-refractivity contribution in [3.63, 3.8) is 0 Å². The second-order valence-electron chi connectivity index (χ2n) is 6.62. The van der Waals surface area contributed by atoms with Gasteiger partial charge >= 0.3 is 0 Å². The second-order valence-corrected chi connectivity index (χ2v) is 9.74. The lowest BCUT2D eigenvalue weighted by Gasteiger charge is -2.07. The number of aromatic nitrogens is 3. The number of nitrogens with zero attached hydrogens (tertiary/aromatic N) is 3. The van der Waals surface area contributed by atoms with Crippen molar-refractivity contribution in [2.75, 3.05) is 11.1 Å². The van der Waals surface area contributed by atoms with Gasteiger partial charge in [0, 0.05) is 12.5 Å².